The van der Waals surface area contributed by atoms with Gasteiger partial charge in [-0.3, -0.25) is 9.59 Å². The van der Waals surface area contributed by atoms with Crippen molar-refractivity contribution in [2.75, 3.05) is 53.5 Å². The Bertz CT molecular complexity index is 283. The second kappa shape index (κ2) is 10.00. The van der Waals surface area contributed by atoms with Crippen LogP contribution < -0.4 is 5.32 Å². The van der Waals surface area contributed by atoms with Crippen molar-refractivity contribution < 1.29 is 14.3 Å². The van der Waals surface area contributed by atoms with Crippen LogP contribution in [0.5, 0.6) is 0 Å². The van der Waals surface area contributed by atoms with Gasteiger partial charge in [-0.05, 0) is 20.0 Å². The van der Waals surface area contributed by atoms with E-state index in [-0.39, 0.29) is 30.8 Å². The highest BCUT2D eigenvalue weighted by molar-refractivity contribution is 5.85. The lowest BCUT2D eigenvalue weighted by Gasteiger charge is -2.28. The number of ether oxygens (including phenoxy) is 1. The van der Waals surface area contributed by atoms with Gasteiger partial charge in [-0.2, -0.15) is 0 Å². The van der Waals surface area contributed by atoms with Crippen LogP contribution in [0.15, 0.2) is 0 Å². The van der Waals surface area contributed by atoms with Gasteiger partial charge in [0.2, 0.25) is 11.8 Å². The van der Waals surface area contributed by atoms with Crippen LogP contribution in [0.1, 0.15) is 12.8 Å². The average Bonchev–Trinajstić information content (AvgIpc) is 2.39. The Balaban J connectivity index is 0.00000324. The standard InChI is InChI=1S/C12H23N3O3.ClH/c1-13-5-3-4-11(16)14(2)10-12(17)15-6-8-18-9-7-15;/h13H,3-10H2,1-2H3;1H. The van der Waals surface area contributed by atoms with Gasteiger partial charge in [-0.1, -0.05) is 0 Å². The molecule has 1 saturated heterocycles. The van der Waals surface area contributed by atoms with Crippen molar-refractivity contribution in [1.82, 2.24) is 15.1 Å². The van der Waals surface area contributed by atoms with E-state index in [9.17, 15) is 9.59 Å². The van der Waals surface area contributed by atoms with Crippen molar-refractivity contribution in [1.29, 1.82) is 0 Å². The Hall–Kier alpha value is -0.850. The fourth-order valence-corrected chi connectivity index (χ4v) is 1.81. The van der Waals surface area contributed by atoms with Crippen molar-refractivity contribution in [2.24, 2.45) is 0 Å². The summed E-state index contributed by atoms with van der Waals surface area (Å²) in [5, 5.41) is 2.99. The predicted octanol–water partition coefficient (Wildman–Crippen LogP) is -0.275. The van der Waals surface area contributed by atoms with Crippen molar-refractivity contribution in [2.45, 2.75) is 12.8 Å². The number of amides is 2. The minimum Gasteiger partial charge on any atom is -0.378 e. The summed E-state index contributed by atoms with van der Waals surface area (Å²) >= 11 is 0. The van der Waals surface area contributed by atoms with Gasteiger partial charge in [-0.15, -0.1) is 12.4 Å². The molecule has 0 unspecified atom stereocenters. The van der Waals surface area contributed by atoms with Crippen molar-refractivity contribution in [3.8, 4) is 0 Å². The molecule has 1 fully saturated rings. The van der Waals surface area contributed by atoms with Crippen LogP contribution in [-0.2, 0) is 14.3 Å². The monoisotopic (exact) mass is 293 g/mol. The molecule has 7 heteroatoms. The molecular weight excluding hydrogens is 270 g/mol. The highest BCUT2D eigenvalue weighted by Crippen LogP contribution is 2.00. The van der Waals surface area contributed by atoms with E-state index in [1.165, 1.54) is 4.90 Å². The second-order valence-corrected chi connectivity index (χ2v) is 4.45. The van der Waals surface area contributed by atoms with Gasteiger partial charge in [0.25, 0.3) is 0 Å². The maximum Gasteiger partial charge on any atom is 0.242 e. The largest absolute Gasteiger partial charge is 0.378 e. The molecule has 0 aromatic rings. The summed E-state index contributed by atoms with van der Waals surface area (Å²) in [5.74, 6) is 0.0228. The van der Waals surface area contributed by atoms with Gasteiger partial charge in [0.1, 0.15) is 0 Å². The molecule has 6 nitrogen and oxygen atoms in total. The van der Waals surface area contributed by atoms with E-state index in [1.54, 1.807) is 11.9 Å². The molecule has 1 aliphatic heterocycles. The van der Waals surface area contributed by atoms with Crippen molar-refractivity contribution in [3.05, 3.63) is 0 Å². The number of carbonyl (C=O) groups excluding carboxylic acids is 2. The van der Waals surface area contributed by atoms with Gasteiger partial charge >= 0.3 is 0 Å². The zero-order valence-corrected chi connectivity index (χ0v) is 12.5. The lowest BCUT2D eigenvalue weighted by molar-refractivity contribution is -0.141. The molecule has 0 saturated carbocycles. The number of morpholine rings is 1. The first-order chi connectivity index (χ1) is 8.65. The van der Waals surface area contributed by atoms with Crippen LogP contribution in [0.2, 0.25) is 0 Å². The molecule has 0 radical (unpaired) electrons. The number of hydrogen-bond donors (Lipinski definition) is 1. The normalized spacial score (nSPS) is 14.7. The maximum absolute atomic E-state index is 11.9. The van der Waals surface area contributed by atoms with E-state index in [4.69, 9.17) is 4.74 Å². The predicted molar refractivity (Wildman–Crippen MR) is 75.4 cm³/mol. The molecule has 0 aliphatic carbocycles. The number of nitrogens with zero attached hydrogens (tertiary/aromatic N) is 2. The Morgan fingerprint density at radius 3 is 2.53 bits per heavy atom. The maximum atomic E-state index is 11.9. The van der Waals surface area contributed by atoms with E-state index >= 15 is 0 Å². The number of carbonyl (C=O) groups is 2. The Labute approximate surface area is 120 Å². The molecule has 1 N–H and O–H groups in total. The second-order valence-electron chi connectivity index (χ2n) is 4.45. The number of hydrogen-bond acceptors (Lipinski definition) is 4. The number of nitrogens with one attached hydrogen (secondary N) is 1. The molecule has 0 aromatic heterocycles. The molecular formula is C12H24ClN3O3. The van der Waals surface area contributed by atoms with E-state index in [1.807, 2.05) is 7.05 Å². The average molecular weight is 294 g/mol. The van der Waals surface area contributed by atoms with E-state index < -0.39 is 0 Å². The zero-order chi connectivity index (χ0) is 13.4. The van der Waals surface area contributed by atoms with E-state index in [2.05, 4.69) is 5.32 Å². The molecule has 0 aromatic carbocycles. The first-order valence-corrected chi connectivity index (χ1v) is 6.39. The first kappa shape index (κ1) is 18.1. The van der Waals surface area contributed by atoms with Gasteiger partial charge in [-0.25, -0.2) is 0 Å². The third-order valence-electron chi connectivity index (χ3n) is 2.98. The zero-order valence-electron chi connectivity index (χ0n) is 11.7. The van der Waals surface area contributed by atoms with E-state index in [0.717, 1.165) is 13.0 Å². The SMILES string of the molecule is CNCCCC(=O)N(C)CC(=O)N1CCOCC1.Cl. The lowest BCUT2D eigenvalue weighted by atomic mass is 10.2. The summed E-state index contributed by atoms with van der Waals surface area (Å²) in [5.41, 5.74) is 0. The summed E-state index contributed by atoms with van der Waals surface area (Å²) in [6.45, 7) is 3.41. The topological polar surface area (TPSA) is 61.9 Å². The number of halogens is 1. The molecule has 1 rings (SSSR count). The van der Waals surface area contributed by atoms with Gasteiger partial charge < -0.3 is 19.9 Å². The van der Waals surface area contributed by atoms with Crippen LogP contribution in [0.4, 0.5) is 0 Å². The minimum absolute atomic E-state index is 0. The molecule has 2 amide bonds. The Morgan fingerprint density at radius 2 is 1.95 bits per heavy atom. The number of rotatable bonds is 6. The summed E-state index contributed by atoms with van der Waals surface area (Å²) in [4.78, 5) is 26.9. The molecule has 0 bridgehead atoms. The van der Waals surface area contributed by atoms with Crippen LogP contribution in [-0.4, -0.2) is 75.1 Å². The summed E-state index contributed by atoms with van der Waals surface area (Å²) in [7, 11) is 3.54. The third-order valence-corrected chi connectivity index (χ3v) is 2.98. The summed E-state index contributed by atoms with van der Waals surface area (Å²) < 4.78 is 5.19. The van der Waals surface area contributed by atoms with E-state index in [0.29, 0.717) is 32.7 Å². The van der Waals surface area contributed by atoms with Gasteiger partial charge in [0.05, 0.1) is 19.8 Å². The fraction of sp³-hybridized carbons (Fsp3) is 0.833. The highest BCUT2D eigenvalue weighted by Gasteiger charge is 2.19. The lowest BCUT2D eigenvalue weighted by Crippen LogP contribution is -2.46. The van der Waals surface area contributed by atoms with Gasteiger partial charge in [0.15, 0.2) is 0 Å². The van der Waals surface area contributed by atoms with Crippen LogP contribution >= 0.6 is 12.4 Å². The first-order valence-electron chi connectivity index (χ1n) is 6.39. The summed E-state index contributed by atoms with van der Waals surface area (Å²) in [6, 6.07) is 0. The van der Waals surface area contributed by atoms with Crippen molar-refractivity contribution in [3.63, 3.8) is 0 Å². The molecule has 1 aliphatic rings. The third kappa shape index (κ3) is 6.75. The summed E-state index contributed by atoms with van der Waals surface area (Å²) in [6.07, 6.45) is 1.28. The van der Waals surface area contributed by atoms with Crippen LogP contribution in [0.3, 0.4) is 0 Å². The Morgan fingerprint density at radius 1 is 1.32 bits per heavy atom. The van der Waals surface area contributed by atoms with Crippen LogP contribution in [0, 0.1) is 0 Å². The quantitative estimate of drug-likeness (QED) is 0.685. The molecule has 0 spiro atoms. The number of likely N-dealkylation sites (N-methyl/N-ethyl adjacent to an activating group) is 1. The Kier molecular flexibility index (Phi) is 9.55. The smallest absolute Gasteiger partial charge is 0.242 e. The van der Waals surface area contributed by atoms with Crippen LogP contribution in [0.25, 0.3) is 0 Å². The molecule has 112 valence electrons. The highest BCUT2D eigenvalue weighted by atomic mass is 35.5. The molecule has 19 heavy (non-hydrogen) atoms. The van der Waals surface area contributed by atoms with Crippen molar-refractivity contribution >= 4 is 24.2 Å². The minimum atomic E-state index is 0. The molecule has 0 atom stereocenters. The van der Waals surface area contributed by atoms with Gasteiger partial charge in [0, 0.05) is 26.6 Å². The fourth-order valence-electron chi connectivity index (χ4n) is 1.81. The molecule has 1 heterocycles.